The molecule has 294 valence electrons. The second-order valence-corrected chi connectivity index (χ2v) is 14.8. The summed E-state index contributed by atoms with van der Waals surface area (Å²) in [7, 11) is 4.31. The molecule has 1 saturated heterocycles. The lowest BCUT2D eigenvalue weighted by Crippen LogP contribution is -2.60. The van der Waals surface area contributed by atoms with Crippen molar-refractivity contribution >= 4 is 17.9 Å². The summed E-state index contributed by atoms with van der Waals surface area (Å²) in [4.78, 5) is 37.3. The molecule has 12 atom stereocenters. The molecule has 0 aromatic heterocycles. The summed E-state index contributed by atoms with van der Waals surface area (Å²) < 4.78 is 35.9. The molecule has 0 bridgehead atoms. The monoisotopic (exact) mass is 734 g/mol. The Morgan fingerprint density at radius 3 is 2.25 bits per heavy atom. The molecular formula is C40H62O12. The summed E-state index contributed by atoms with van der Waals surface area (Å²) >= 11 is 0. The number of aliphatic carboxylic acids is 1. The van der Waals surface area contributed by atoms with Crippen molar-refractivity contribution in [2.24, 2.45) is 35.5 Å². The van der Waals surface area contributed by atoms with Gasteiger partial charge in [-0.3, -0.25) is 0 Å². The second kappa shape index (κ2) is 20.2. The van der Waals surface area contributed by atoms with Crippen LogP contribution < -0.4 is 0 Å². The van der Waals surface area contributed by atoms with Crippen LogP contribution >= 0.6 is 0 Å². The standard InChI is InChI=1S/C40H62O12/c1-22(2)37-27(7)32(50-34(43)17-16-33(41)42)21-40(49-12,52-37)29(9)36(45)28(8)38-30(47-10)15-13-14-23(3)18-25(5)35(44)26(6)19-24(4)20-31(48-11)39(46)51-38/h13-17,19-20,22,25-30,32,35-38,44-45H,18,21H2,1-12H3,(H,41,42)/b15-13+,17-16+,23-14+,24-19+,31-20-. The average molecular weight is 735 g/mol. The van der Waals surface area contributed by atoms with Gasteiger partial charge in [0.1, 0.15) is 18.3 Å². The molecule has 12 heteroatoms. The van der Waals surface area contributed by atoms with Crippen molar-refractivity contribution < 1.29 is 58.1 Å². The minimum absolute atomic E-state index is 0.0345. The number of carboxylic acids is 1. The van der Waals surface area contributed by atoms with E-state index in [0.29, 0.717) is 18.1 Å². The predicted octanol–water partition coefficient (Wildman–Crippen LogP) is 5.54. The van der Waals surface area contributed by atoms with Crippen LogP contribution in [-0.4, -0.2) is 97.0 Å². The fourth-order valence-corrected chi connectivity index (χ4v) is 7.30. The maximum absolute atomic E-state index is 13.7. The van der Waals surface area contributed by atoms with Crippen molar-refractivity contribution in [3.8, 4) is 0 Å². The van der Waals surface area contributed by atoms with Crippen LogP contribution in [0.1, 0.15) is 75.2 Å². The molecule has 2 aliphatic heterocycles. The highest BCUT2D eigenvalue weighted by Crippen LogP contribution is 2.44. The normalized spacial score (nSPS) is 36.6. The van der Waals surface area contributed by atoms with E-state index in [0.717, 1.165) is 11.6 Å². The zero-order valence-electron chi connectivity index (χ0n) is 32.9. The molecule has 0 amide bonds. The Morgan fingerprint density at radius 2 is 1.69 bits per heavy atom. The molecule has 12 unspecified atom stereocenters. The number of rotatable bonds is 11. The predicted molar refractivity (Wildman–Crippen MR) is 196 cm³/mol. The van der Waals surface area contributed by atoms with E-state index >= 15 is 0 Å². The quantitative estimate of drug-likeness (QED) is 0.180. The number of hydrogen-bond donors (Lipinski definition) is 3. The molecule has 52 heavy (non-hydrogen) atoms. The van der Waals surface area contributed by atoms with Crippen molar-refractivity contribution in [1.29, 1.82) is 0 Å². The maximum Gasteiger partial charge on any atom is 0.373 e. The van der Waals surface area contributed by atoms with Gasteiger partial charge in [0.05, 0.1) is 25.4 Å². The third kappa shape index (κ3) is 11.9. The Bertz CT molecular complexity index is 1360. The van der Waals surface area contributed by atoms with E-state index < -0.39 is 72.2 Å². The van der Waals surface area contributed by atoms with Crippen molar-refractivity contribution in [2.75, 3.05) is 21.3 Å². The number of esters is 2. The fourth-order valence-electron chi connectivity index (χ4n) is 7.30. The van der Waals surface area contributed by atoms with E-state index in [1.165, 1.54) is 21.3 Å². The number of hydrogen-bond acceptors (Lipinski definition) is 11. The van der Waals surface area contributed by atoms with Gasteiger partial charge < -0.3 is 43.7 Å². The first-order valence-electron chi connectivity index (χ1n) is 18.0. The Hall–Kier alpha value is -3.29. The number of aliphatic hydroxyl groups is 2. The van der Waals surface area contributed by atoms with E-state index in [-0.39, 0.29) is 35.9 Å². The molecule has 3 N–H and O–H groups in total. The lowest BCUT2D eigenvalue weighted by Gasteiger charge is -2.51. The molecule has 12 nitrogen and oxygen atoms in total. The Balaban J connectivity index is 2.59. The lowest BCUT2D eigenvalue weighted by molar-refractivity contribution is -0.339. The van der Waals surface area contributed by atoms with Crippen LogP contribution in [0.2, 0.25) is 0 Å². The van der Waals surface area contributed by atoms with Crippen molar-refractivity contribution in [1.82, 2.24) is 0 Å². The first-order valence-corrected chi connectivity index (χ1v) is 18.0. The summed E-state index contributed by atoms with van der Waals surface area (Å²) in [6, 6.07) is 0. The summed E-state index contributed by atoms with van der Waals surface area (Å²) in [6.07, 6.45) is 6.35. The van der Waals surface area contributed by atoms with E-state index in [1.807, 2.05) is 66.7 Å². The highest BCUT2D eigenvalue weighted by atomic mass is 16.7. The smallest absolute Gasteiger partial charge is 0.373 e. The van der Waals surface area contributed by atoms with E-state index in [9.17, 15) is 24.6 Å². The zero-order valence-corrected chi connectivity index (χ0v) is 32.9. The molecule has 2 rings (SSSR count). The molecule has 1 fully saturated rings. The third-order valence-corrected chi connectivity index (χ3v) is 10.4. The molecule has 2 aliphatic rings. The van der Waals surface area contributed by atoms with Crippen molar-refractivity contribution in [2.45, 2.75) is 118 Å². The molecule has 0 saturated carbocycles. The number of carboxylic acid groups (broad SMARTS) is 1. The summed E-state index contributed by atoms with van der Waals surface area (Å²) in [5, 5.41) is 32.1. The van der Waals surface area contributed by atoms with Gasteiger partial charge in [0, 0.05) is 56.5 Å². The number of allylic oxidation sites excluding steroid dienone is 5. The van der Waals surface area contributed by atoms with Crippen LogP contribution in [0, 0.1) is 35.5 Å². The first-order chi connectivity index (χ1) is 24.3. The van der Waals surface area contributed by atoms with Crippen LogP contribution in [0.5, 0.6) is 0 Å². The van der Waals surface area contributed by atoms with Gasteiger partial charge in [-0.1, -0.05) is 83.9 Å². The van der Waals surface area contributed by atoms with E-state index in [1.54, 1.807) is 26.0 Å². The van der Waals surface area contributed by atoms with Crippen LogP contribution in [0.4, 0.5) is 0 Å². The summed E-state index contributed by atoms with van der Waals surface area (Å²) in [6.45, 7) is 17.0. The SMILES string of the molecule is CO/C1=C\C(C)=C\C(C)C(O)C(C)C/C(C)=C/C=C/C(OC)C(C(C)C(O)C(C)C2(OC)CC(OC(=O)/C=C/C(=O)O)C(C)C(C(C)C)O2)OC1=O. The fraction of sp³-hybridized carbons (Fsp3) is 0.675. The lowest BCUT2D eigenvalue weighted by atomic mass is 9.76. The van der Waals surface area contributed by atoms with Crippen molar-refractivity contribution in [3.05, 3.63) is 59.4 Å². The minimum Gasteiger partial charge on any atom is -0.490 e. The maximum atomic E-state index is 13.7. The van der Waals surface area contributed by atoms with Crippen LogP contribution in [0.25, 0.3) is 0 Å². The van der Waals surface area contributed by atoms with Gasteiger partial charge in [0.25, 0.3) is 0 Å². The number of methoxy groups -OCH3 is 3. The van der Waals surface area contributed by atoms with Crippen molar-refractivity contribution in [3.63, 3.8) is 0 Å². The second-order valence-electron chi connectivity index (χ2n) is 14.8. The summed E-state index contributed by atoms with van der Waals surface area (Å²) in [5.74, 6) is -6.48. The topological polar surface area (TPSA) is 167 Å². The first kappa shape index (κ1) is 44.9. The average Bonchev–Trinajstić information content (AvgIpc) is 3.09. The number of aliphatic hydroxyl groups excluding tert-OH is 2. The van der Waals surface area contributed by atoms with E-state index in [4.69, 9.17) is 33.5 Å². The Morgan fingerprint density at radius 1 is 1.04 bits per heavy atom. The van der Waals surface area contributed by atoms with Gasteiger partial charge >= 0.3 is 17.9 Å². The number of ether oxygens (including phenoxy) is 6. The largest absolute Gasteiger partial charge is 0.490 e. The highest BCUT2D eigenvalue weighted by molar-refractivity contribution is 5.90. The van der Waals surface area contributed by atoms with Gasteiger partial charge in [0.2, 0.25) is 5.76 Å². The molecule has 0 aliphatic carbocycles. The number of carbonyl (C=O) groups is 3. The molecule has 0 aromatic rings. The molecule has 0 spiro atoms. The van der Waals surface area contributed by atoms with Crippen LogP contribution in [0.15, 0.2) is 59.4 Å². The highest BCUT2D eigenvalue weighted by Gasteiger charge is 2.54. The van der Waals surface area contributed by atoms with Gasteiger partial charge in [-0.05, 0) is 38.2 Å². The molecular weight excluding hydrogens is 672 g/mol. The number of carbonyl (C=O) groups excluding carboxylic acids is 2. The Kier molecular flexibility index (Phi) is 17.5. The molecule has 2 heterocycles. The van der Waals surface area contributed by atoms with Gasteiger partial charge in [-0.15, -0.1) is 0 Å². The van der Waals surface area contributed by atoms with Gasteiger partial charge in [-0.2, -0.15) is 0 Å². The third-order valence-electron chi connectivity index (χ3n) is 10.4. The van der Waals surface area contributed by atoms with Gasteiger partial charge in [-0.25, -0.2) is 14.4 Å². The van der Waals surface area contributed by atoms with Gasteiger partial charge in [0.15, 0.2) is 5.79 Å². The molecule has 0 aromatic carbocycles. The Labute approximate surface area is 309 Å². The molecule has 0 radical (unpaired) electrons. The minimum atomic E-state index is -1.45. The number of cyclic esters (lactones) is 1. The summed E-state index contributed by atoms with van der Waals surface area (Å²) in [5.41, 5.74) is 1.74. The van der Waals surface area contributed by atoms with Crippen LogP contribution in [0.3, 0.4) is 0 Å². The van der Waals surface area contributed by atoms with Crippen LogP contribution in [-0.2, 0) is 42.8 Å². The zero-order chi connectivity index (χ0) is 39.5. The van der Waals surface area contributed by atoms with E-state index in [2.05, 4.69) is 0 Å².